The summed E-state index contributed by atoms with van der Waals surface area (Å²) in [6, 6.07) is -0.877. The number of carbonyl (C=O) groups excluding carboxylic acids is 1. The molecule has 17 heavy (non-hydrogen) atoms. The Balaban J connectivity index is 2.53. The largest absolute Gasteiger partial charge is 0.480 e. The second-order valence-electron chi connectivity index (χ2n) is 4.14. The molecule has 0 saturated carbocycles. The van der Waals surface area contributed by atoms with Crippen molar-refractivity contribution in [2.24, 2.45) is 5.92 Å². The molecular weight excluding hydrogens is 226 g/mol. The Morgan fingerprint density at radius 3 is 2.65 bits per heavy atom. The van der Waals surface area contributed by atoms with Crippen molar-refractivity contribution in [2.45, 2.75) is 32.4 Å². The molecule has 6 nitrogen and oxygen atoms in total. The van der Waals surface area contributed by atoms with E-state index >= 15 is 0 Å². The molecular formula is C11H19NO5. The van der Waals surface area contributed by atoms with Gasteiger partial charge < -0.3 is 19.9 Å². The minimum atomic E-state index is -1.02. The Labute approximate surface area is 100 Å². The molecule has 0 aliphatic carbocycles. The van der Waals surface area contributed by atoms with Crippen LogP contribution in [0.2, 0.25) is 0 Å². The van der Waals surface area contributed by atoms with Gasteiger partial charge in [-0.3, -0.25) is 4.79 Å². The maximum Gasteiger partial charge on any atom is 0.326 e. The molecule has 1 aliphatic heterocycles. The number of ether oxygens (including phenoxy) is 2. The molecule has 1 rings (SSSR count). The number of amides is 1. The second-order valence-corrected chi connectivity index (χ2v) is 4.14. The first-order valence-corrected chi connectivity index (χ1v) is 5.78. The lowest BCUT2D eigenvalue weighted by Gasteiger charge is -2.26. The van der Waals surface area contributed by atoms with Crippen LogP contribution in [0.1, 0.15) is 20.3 Å². The fourth-order valence-electron chi connectivity index (χ4n) is 1.57. The molecule has 1 unspecified atom stereocenters. The number of nitrogens with one attached hydrogen (secondary N) is 1. The topological polar surface area (TPSA) is 84.9 Å². The van der Waals surface area contributed by atoms with E-state index in [9.17, 15) is 9.59 Å². The van der Waals surface area contributed by atoms with Gasteiger partial charge in [-0.25, -0.2) is 4.79 Å². The molecule has 2 N–H and O–H groups in total. The Bertz CT molecular complexity index is 275. The van der Waals surface area contributed by atoms with Crippen molar-refractivity contribution in [1.29, 1.82) is 0 Å². The average molecular weight is 245 g/mol. The van der Waals surface area contributed by atoms with Crippen molar-refractivity contribution in [3.05, 3.63) is 0 Å². The van der Waals surface area contributed by atoms with E-state index in [0.29, 0.717) is 19.6 Å². The van der Waals surface area contributed by atoms with Crippen molar-refractivity contribution in [1.82, 2.24) is 5.32 Å². The van der Waals surface area contributed by atoms with Crippen LogP contribution in [0.15, 0.2) is 0 Å². The highest BCUT2D eigenvalue weighted by Gasteiger charge is 2.30. The molecule has 1 aliphatic rings. The van der Waals surface area contributed by atoms with Crippen LogP contribution in [0.25, 0.3) is 0 Å². The molecule has 0 spiro atoms. The van der Waals surface area contributed by atoms with Crippen LogP contribution in [-0.2, 0) is 19.1 Å². The van der Waals surface area contributed by atoms with Crippen LogP contribution in [-0.4, -0.2) is 48.9 Å². The van der Waals surface area contributed by atoms with Gasteiger partial charge >= 0.3 is 5.97 Å². The maximum atomic E-state index is 11.8. The molecule has 0 radical (unpaired) electrons. The fourth-order valence-corrected chi connectivity index (χ4v) is 1.57. The molecule has 1 amide bonds. The van der Waals surface area contributed by atoms with Crippen molar-refractivity contribution in [2.75, 3.05) is 19.8 Å². The van der Waals surface area contributed by atoms with Gasteiger partial charge in [0.15, 0.2) is 6.10 Å². The van der Waals surface area contributed by atoms with Gasteiger partial charge in [-0.05, 0) is 5.92 Å². The highest BCUT2D eigenvalue weighted by Crippen LogP contribution is 2.09. The van der Waals surface area contributed by atoms with E-state index in [1.54, 1.807) is 6.92 Å². The highest BCUT2D eigenvalue weighted by atomic mass is 16.6. The van der Waals surface area contributed by atoms with Crippen LogP contribution in [0.5, 0.6) is 0 Å². The minimum Gasteiger partial charge on any atom is -0.480 e. The Morgan fingerprint density at radius 1 is 1.47 bits per heavy atom. The summed E-state index contributed by atoms with van der Waals surface area (Å²) >= 11 is 0. The molecule has 0 aromatic carbocycles. The first-order valence-electron chi connectivity index (χ1n) is 5.78. The summed E-state index contributed by atoms with van der Waals surface area (Å²) in [4.78, 5) is 22.8. The summed E-state index contributed by atoms with van der Waals surface area (Å²) < 4.78 is 10.3. The highest BCUT2D eigenvalue weighted by molar-refractivity contribution is 5.86. The molecule has 0 aromatic rings. The summed E-state index contributed by atoms with van der Waals surface area (Å²) in [5, 5.41) is 11.5. The van der Waals surface area contributed by atoms with Gasteiger partial charge in [-0.2, -0.15) is 0 Å². The number of carboxylic acid groups (broad SMARTS) is 1. The maximum absolute atomic E-state index is 11.8. The van der Waals surface area contributed by atoms with Crippen LogP contribution < -0.4 is 5.32 Å². The zero-order valence-electron chi connectivity index (χ0n) is 10.1. The minimum absolute atomic E-state index is 0.124. The predicted molar refractivity (Wildman–Crippen MR) is 59.6 cm³/mol. The van der Waals surface area contributed by atoms with E-state index < -0.39 is 24.0 Å². The average Bonchev–Trinajstić information content (AvgIpc) is 2.35. The van der Waals surface area contributed by atoms with Gasteiger partial charge in [0.1, 0.15) is 6.04 Å². The number of carboxylic acids is 1. The summed E-state index contributed by atoms with van der Waals surface area (Å²) in [6.45, 7) is 4.68. The number of aliphatic carboxylic acids is 1. The SMILES string of the molecule is CC[C@H](C)[C@H](NC(=O)C1COCCO1)C(=O)O. The third kappa shape index (κ3) is 3.98. The zero-order chi connectivity index (χ0) is 12.8. The van der Waals surface area contributed by atoms with Crippen LogP contribution >= 0.6 is 0 Å². The van der Waals surface area contributed by atoms with Crippen molar-refractivity contribution < 1.29 is 24.2 Å². The molecule has 1 heterocycles. The quantitative estimate of drug-likeness (QED) is 0.713. The number of hydrogen-bond acceptors (Lipinski definition) is 4. The third-order valence-electron chi connectivity index (χ3n) is 2.89. The Morgan fingerprint density at radius 2 is 2.18 bits per heavy atom. The molecule has 1 saturated heterocycles. The van der Waals surface area contributed by atoms with Gasteiger partial charge in [-0.15, -0.1) is 0 Å². The smallest absolute Gasteiger partial charge is 0.326 e. The van der Waals surface area contributed by atoms with Crippen LogP contribution in [0.3, 0.4) is 0 Å². The molecule has 98 valence electrons. The van der Waals surface area contributed by atoms with E-state index in [1.165, 1.54) is 0 Å². The first kappa shape index (κ1) is 13.9. The fraction of sp³-hybridized carbons (Fsp3) is 0.818. The Kier molecular flexibility index (Phi) is 5.37. The van der Waals surface area contributed by atoms with E-state index in [1.807, 2.05) is 6.92 Å². The van der Waals surface area contributed by atoms with E-state index in [-0.39, 0.29) is 12.5 Å². The third-order valence-corrected chi connectivity index (χ3v) is 2.89. The standard InChI is InChI=1S/C11H19NO5/c1-3-7(2)9(11(14)15)12-10(13)8-6-16-4-5-17-8/h7-9H,3-6H2,1-2H3,(H,12,13)(H,14,15)/t7-,8?,9-/m0/s1. The van der Waals surface area contributed by atoms with E-state index in [4.69, 9.17) is 14.6 Å². The van der Waals surface area contributed by atoms with Crippen LogP contribution in [0.4, 0.5) is 0 Å². The summed E-state index contributed by atoms with van der Waals surface area (Å²) in [6.07, 6.45) is -0.0196. The number of hydrogen-bond donors (Lipinski definition) is 2. The Hall–Kier alpha value is -1.14. The molecule has 0 bridgehead atoms. The lowest BCUT2D eigenvalue weighted by Crippen LogP contribution is -2.51. The lowest BCUT2D eigenvalue weighted by atomic mass is 9.99. The van der Waals surface area contributed by atoms with Crippen molar-refractivity contribution >= 4 is 11.9 Å². The first-order chi connectivity index (χ1) is 8.06. The van der Waals surface area contributed by atoms with Crippen molar-refractivity contribution in [3.63, 3.8) is 0 Å². The molecule has 1 fully saturated rings. The normalized spacial score (nSPS) is 23.8. The lowest BCUT2D eigenvalue weighted by molar-refractivity contribution is -0.153. The van der Waals surface area contributed by atoms with E-state index in [2.05, 4.69) is 5.32 Å². The summed E-state index contributed by atoms with van der Waals surface area (Å²) in [5.74, 6) is -1.57. The number of rotatable bonds is 5. The summed E-state index contributed by atoms with van der Waals surface area (Å²) in [7, 11) is 0. The van der Waals surface area contributed by atoms with Gasteiger partial charge in [-0.1, -0.05) is 20.3 Å². The van der Waals surface area contributed by atoms with Gasteiger partial charge in [0, 0.05) is 0 Å². The van der Waals surface area contributed by atoms with Gasteiger partial charge in [0.2, 0.25) is 0 Å². The van der Waals surface area contributed by atoms with Gasteiger partial charge in [0.25, 0.3) is 5.91 Å². The van der Waals surface area contributed by atoms with Crippen molar-refractivity contribution in [3.8, 4) is 0 Å². The molecule has 6 heteroatoms. The van der Waals surface area contributed by atoms with Gasteiger partial charge in [0.05, 0.1) is 19.8 Å². The summed E-state index contributed by atoms with van der Waals surface area (Å²) in [5.41, 5.74) is 0. The van der Waals surface area contributed by atoms with Crippen LogP contribution in [0, 0.1) is 5.92 Å². The monoisotopic (exact) mass is 245 g/mol. The van der Waals surface area contributed by atoms with E-state index in [0.717, 1.165) is 0 Å². The zero-order valence-corrected chi connectivity index (χ0v) is 10.1. The molecule has 3 atom stereocenters. The second kappa shape index (κ2) is 6.56. The predicted octanol–water partition coefficient (Wildman–Crippen LogP) is 0.0173. The number of carbonyl (C=O) groups is 2. The molecule has 0 aromatic heterocycles.